The highest BCUT2D eigenvalue weighted by molar-refractivity contribution is 5.70. The van der Waals surface area contributed by atoms with E-state index >= 15 is 0 Å². The Morgan fingerprint density at radius 2 is 0.426 bits per heavy atom. The predicted octanol–water partition coefficient (Wildman–Crippen LogP) is 18.4. The normalized spacial score (nSPS) is 11.8. The fraction of sp³-hybridized carbons (Fsp3) is 0.437. The van der Waals surface area contributed by atoms with Crippen molar-refractivity contribution in [1.29, 1.82) is 0 Å². The van der Waals surface area contributed by atoms with Gasteiger partial charge in [-0.2, -0.15) is 0 Å². The van der Waals surface area contributed by atoms with Crippen LogP contribution in [0, 0.1) is 0 Å². The van der Waals surface area contributed by atoms with Gasteiger partial charge in [0.1, 0.15) is 121 Å². The summed E-state index contributed by atoms with van der Waals surface area (Å²) in [6.07, 6.45) is 14.1. The van der Waals surface area contributed by atoms with E-state index in [1.54, 1.807) is 35.5 Å². The van der Waals surface area contributed by atoms with E-state index < -0.39 is 11.9 Å². The molecule has 5 atom stereocenters. The first kappa shape index (κ1) is 123. The number of carboxylic acid groups (broad SMARTS) is 2. The van der Waals surface area contributed by atoms with Crippen molar-refractivity contribution in [2.24, 2.45) is 0 Å². The van der Waals surface area contributed by atoms with Crippen LogP contribution in [0.5, 0.6) is 57.5 Å². The van der Waals surface area contributed by atoms with Crippen molar-refractivity contribution in [2.75, 3.05) is 172 Å². The zero-order valence-corrected chi connectivity index (χ0v) is 89.5. The summed E-state index contributed by atoms with van der Waals surface area (Å²) in [7, 11) is 27.7. The maximum atomic E-state index is 12.4. The highest BCUT2D eigenvalue weighted by Gasteiger charge is 2.23. The van der Waals surface area contributed by atoms with Crippen LogP contribution in [-0.2, 0) is 121 Å². The molecule has 0 amide bonds. The predicted molar refractivity (Wildman–Crippen MR) is 578 cm³/mol. The van der Waals surface area contributed by atoms with Crippen LogP contribution in [0.1, 0.15) is 133 Å². The van der Waals surface area contributed by atoms with E-state index in [2.05, 4.69) is 91.0 Å². The Morgan fingerprint density at radius 1 is 0.243 bits per heavy atom. The Labute approximate surface area is 877 Å². The van der Waals surface area contributed by atoms with Crippen molar-refractivity contribution in [3.05, 3.63) is 298 Å². The lowest BCUT2D eigenvalue weighted by Gasteiger charge is -2.22. The number of carboxylic acids is 2. The van der Waals surface area contributed by atoms with Gasteiger partial charge in [-0.3, -0.25) is 33.6 Å². The largest absolute Gasteiger partial charge is 0.497 e. The second-order valence-electron chi connectivity index (χ2n) is 37.0. The molecule has 0 saturated heterocycles. The Kier molecular flexibility index (Phi) is 61.0. The molecule has 804 valence electrons. The van der Waals surface area contributed by atoms with Gasteiger partial charge >= 0.3 is 23.9 Å². The molecule has 1 unspecified atom stereocenters. The highest BCUT2D eigenvalue weighted by Crippen LogP contribution is 2.29. The summed E-state index contributed by atoms with van der Waals surface area (Å²) in [6.45, 7) is 5.98. The SMILES string of the molecule is COc1ccc(CCc2ccccc2OCC(CN(C)C)OC=O)cc1.COc1ccc(CCc2ccccc2OC[C@@H](CN(C)C)OC(=O)CCCCCCC(=O)O)cc1.COc1ccc(CCc2ccccc2OC[C@@H](CN(C)C)OC=O)cc1.COc1ccc(CCc2ccccc2OC[C@H](CN(C)C)OC(=O)CCCCCCC(=O)O)cc1.COc1ccc(CCc2ccccc2OC[C@H](CN(C)C)OC=O)cc1. The summed E-state index contributed by atoms with van der Waals surface area (Å²) < 4.78 is 82.9. The third-order valence-electron chi connectivity index (χ3n) is 23.4. The number of carbonyl (C=O) groups excluding carboxylic acids is 5. The summed E-state index contributed by atoms with van der Waals surface area (Å²) in [5, 5.41) is 17.4. The lowest BCUT2D eigenvalue weighted by atomic mass is 10.0. The van der Waals surface area contributed by atoms with Crippen molar-refractivity contribution < 1.29 is 115 Å². The topological polar surface area (TPSA) is 315 Å². The van der Waals surface area contributed by atoms with Crippen LogP contribution in [0.3, 0.4) is 0 Å². The fourth-order valence-electron chi connectivity index (χ4n) is 15.7. The zero-order chi connectivity index (χ0) is 107. The summed E-state index contributed by atoms with van der Waals surface area (Å²) in [6, 6.07) is 80.3. The van der Waals surface area contributed by atoms with Crippen molar-refractivity contribution >= 4 is 43.3 Å². The quantitative estimate of drug-likeness (QED) is 0.0155. The Balaban J connectivity index is 0.000000284. The summed E-state index contributed by atoms with van der Waals surface area (Å²) in [5.41, 5.74) is 11.8. The second kappa shape index (κ2) is 73.4. The number of benzene rings is 10. The molecule has 0 aliphatic rings. The molecule has 29 heteroatoms. The zero-order valence-electron chi connectivity index (χ0n) is 89.5. The van der Waals surface area contributed by atoms with Crippen molar-refractivity contribution in [1.82, 2.24) is 24.5 Å². The van der Waals surface area contributed by atoms with Gasteiger partial charge in [0, 0.05) is 58.4 Å². The number of hydrogen-bond acceptors (Lipinski definition) is 27. The van der Waals surface area contributed by atoms with Gasteiger partial charge in [0.25, 0.3) is 19.4 Å². The molecule has 148 heavy (non-hydrogen) atoms. The Morgan fingerprint density at radius 3 is 0.608 bits per heavy atom. The van der Waals surface area contributed by atoms with Crippen LogP contribution in [0.2, 0.25) is 0 Å². The van der Waals surface area contributed by atoms with Crippen LogP contribution >= 0.6 is 0 Å². The van der Waals surface area contributed by atoms with Crippen molar-refractivity contribution in [3.63, 3.8) is 0 Å². The smallest absolute Gasteiger partial charge is 0.306 e. The average Bonchev–Trinajstić information content (AvgIpc) is 0.880. The van der Waals surface area contributed by atoms with Gasteiger partial charge < -0.3 is 106 Å². The number of carbonyl (C=O) groups is 7. The minimum Gasteiger partial charge on any atom is -0.497 e. The van der Waals surface area contributed by atoms with Crippen LogP contribution in [0.15, 0.2) is 243 Å². The van der Waals surface area contributed by atoms with Gasteiger partial charge in [-0.05, 0) is 307 Å². The molecule has 0 aliphatic carbocycles. The molecule has 0 aliphatic heterocycles. The molecule has 10 aromatic rings. The van der Waals surface area contributed by atoms with Gasteiger partial charge in [0.05, 0.1) is 35.5 Å². The standard InChI is InChI=1S/2C28H39NO6.3C21H27NO4/c2*1-29(2)20-25(35-28(32)13-7-5-4-6-12-27(30)31)21-34-26-11-9-8-10-23(26)17-14-22-15-18-24(33-3)19-16-22;3*1-22(2)14-20(26-16-23)15-25-21-7-5-4-6-18(21)11-8-17-9-12-19(24-3)13-10-17/h2*8-11,15-16,18-19,25H,4-7,12-14,17,20-21H2,1-3H3,(H,30,31);3*4-7,9-10,12-13,16,20H,8,11,14-15H2,1-3H3/t2*25-;2*20-;/m1010./s1. The summed E-state index contributed by atoms with van der Waals surface area (Å²) in [4.78, 5) is 87.7. The van der Waals surface area contributed by atoms with Crippen molar-refractivity contribution in [2.45, 2.75) is 172 Å². The van der Waals surface area contributed by atoms with E-state index in [0.717, 1.165) is 175 Å². The lowest BCUT2D eigenvalue weighted by Crippen LogP contribution is -2.35. The van der Waals surface area contributed by atoms with Gasteiger partial charge in [-0.1, -0.05) is 177 Å². The number of unbranched alkanes of at least 4 members (excludes halogenated alkanes) is 6. The van der Waals surface area contributed by atoms with E-state index in [-0.39, 0.29) is 68.5 Å². The Hall–Kier alpha value is -13.7. The van der Waals surface area contributed by atoms with E-state index in [1.807, 2.05) is 247 Å². The maximum absolute atomic E-state index is 12.4. The molecule has 0 saturated carbocycles. The minimum absolute atomic E-state index is 0.175. The molecule has 10 aromatic carbocycles. The number of likely N-dealkylation sites (N-methyl/N-ethyl adjacent to an activating group) is 5. The third-order valence-corrected chi connectivity index (χ3v) is 23.4. The van der Waals surface area contributed by atoms with Crippen LogP contribution in [0.25, 0.3) is 0 Å². The average molecular weight is 2040 g/mol. The summed E-state index contributed by atoms with van der Waals surface area (Å²) in [5.74, 6) is 6.33. The van der Waals surface area contributed by atoms with E-state index in [4.69, 9.17) is 81.3 Å². The number of nitrogens with zero attached hydrogens (tertiary/aromatic N) is 5. The van der Waals surface area contributed by atoms with Gasteiger partial charge in [0.15, 0.2) is 0 Å². The summed E-state index contributed by atoms with van der Waals surface area (Å²) >= 11 is 0. The number of esters is 2. The first-order chi connectivity index (χ1) is 71.6. The molecule has 0 spiro atoms. The molecular weight excluding hydrogens is 1880 g/mol. The molecule has 0 bridgehead atoms. The number of para-hydroxylation sites is 5. The van der Waals surface area contributed by atoms with Crippen LogP contribution < -0.4 is 47.4 Å². The fourth-order valence-corrected chi connectivity index (χ4v) is 15.7. The van der Waals surface area contributed by atoms with Gasteiger partial charge in [-0.25, -0.2) is 0 Å². The molecule has 0 aromatic heterocycles. The van der Waals surface area contributed by atoms with Gasteiger partial charge in [0.2, 0.25) is 0 Å². The molecule has 0 radical (unpaired) electrons. The molecule has 0 fully saturated rings. The molecule has 0 heterocycles. The third kappa shape index (κ3) is 53.6. The molecule has 10 rings (SSSR count). The number of methoxy groups -OCH3 is 5. The van der Waals surface area contributed by atoms with Crippen LogP contribution in [-0.4, -0.2) is 280 Å². The second-order valence-corrected chi connectivity index (χ2v) is 37.0. The first-order valence-corrected chi connectivity index (χ1v) is 50.6. The molecule has 29 nitrogen and oxygen atoms in total. The van der Waals surface area contributed by atoms with Gasteiger partial charge in [-0.15, -0.1) is 0 Å². The monoisotopic (exact) mass is 2040 g/mol. The number of hydrogen-bond donors (Lipinski definition) is 2. The minimum atomic E-state index is -0.779. The molecular formula is C119H159N5O24. The molecule has 2 N–H and O–H groups in total. The number of aryl methyl sites for hydroxylation is 10. The van der Waals surface area contributed by atoms with E-state index in [0.29, 0.717) is 110 Å². The first-order valence-electron chi connectivity index (χ1n) is 50.6. The van der Waals surface area contributed by atoms with E-state index in [9.17, 15) is 33.6 Å². The maximum Gasteiger partial charge on any atom is 0.306 e. The number of rotatable bonds is 67. The van der Waals surface area contributed by atoms with Crippen molar-refractivity contribution in [3.8, 4) is 57.5 Å². The van der Waals surface area contributed by atoms with Crippen LogP contribution in [0.4, 0.5) is 0 Å². The number of aliphatic carboxylic acids is 2. The van der Waals surface area contributed by atoms with E-state index in [1.165, 1.54) is 27.8 Å². The highest BCUT2D eigenvalue weighted by atomic mass is 16.6. The number of ether oxygens (including phenoxy) is 15. The lowest BCUT2D eigenvalue weighted by molar-refractivity contribution is -0.152. The Bertz CT molecular complexity index is 4890.